The summed E-state index contributed by atoms with van der Waals surface area (Å²) in [5, 5.41) is 3.73. The summed E-state index contributed by atoms with van der Waals surface area (Å²) in [6.45, 7) is 4.31. The van der Waals surface area contributed by atoms with Gasteiger partial charge in [-0.05, 0) is 68.0 Å². The molecular formula is C19H23NO. The van der Waals surface area contributed by atoms with E-state index in [0.717, 1.165) is 12.2 Å². The molecule has 1 N–H and O–H groups in total. The highest BCUT2D eigenvalue weighted by Crippen LogP contribution is 2.35. The zero-order valence-corrected chi connectivity index (χ0v) is 13.1. The van der Waals surface area contributed by atoms with E-state index in [1.807, 2.05) is 0 Å². The number of ether oxygens (including phenoxy) is 1. The van der Waals surface area contributed by atoms with Gasteiger partial charge in [-0.3, -0.25) is 0 Å². The van der Waals surface area contributed by atoms with Crippen LogP contribution in [0.2, 0.25) is 0 Å². The van der Waals surface area contributed by atoms with E-state index in [4.69, 9.17) is 4.74 Å². The van der Waals surface area contributed by atoms with Crippen LogP contribution in [-0.2, 0) is 6.42 Å². The lowest BCUT2D eigenvalue weighted by atomic mass is 9.87. The van der Waals surface area contributed by atoms with Gasteiger partial charge < -0.3 is 10.1 Å². The molecule has 0 fully saturated rings. The van der Waals surface area contributed by atoms with Crippen LogP contribution >= 0.6 is 0 Å². The van der Waals surface area contributed by atoms with Crippen LogP contribution in [-0.4, -0.2) is 7.11 Å². The molecule has 0 heterocycles. The monoisotopic (exact) mass is 281 g/mol. The quantitative estimate of drug-likeness (QED) is 0.872. The fourth-order valence-electron chi connectivity index (χ4n) is 3.23. The third-order valence-electron chi connectivity index (χ3n) is 4.38. The molecule has 0 spiro atoms. The number of fused-ring (bicyclic) bond motifs is 1. The van der Waals surface area contributed by atoms with E-state index in [1.165, 1.54) is 40.8 Å². The molecule has 0 radical (unpaired) electrons. The first-order valence-electron chi connectivity index (χ1n) is 7.68. The minimum absolute atomic E-state index is 0.404. The Hall–Kier alpha value is -1.96. The van der Waals surface area contributed by atoms with Gasteiger partial charge in [-0.1, -0.05) is 23.8 Å². The minimum atomic E-state index is 0.404. The first-order valence-corrected chi connectivity index (χ1v) is 7.68. The van der Waals surface area contributed by atoms with Gasteiger partial charge in [-0.15, -0.1) is 0 Å². The average Bonchev–Trinajstić information content (AvgIpc) is 2.49. The van der Waals surface area contributed by atoms with Gasteiger partial charge in [0.1, 0.15) is 5.75 Å². The lowest BCUT2D eigenvalue weighted by Crippen LogP contribution is -2.18. The number of methoxy groups -OCH3 is 1. The van der Waals surface area contributed by atoms with Crippen molar-refractivity contribution in [3.05, 3.63) is 58.7 Å². The van der Waals surface area contributed by atoms with Gasteiger partial charge in [0.05, 0.1) is 13.2 Å². The molecule has 2 aromatic rings. The van der Waals surface area contributed by atoms with E-state index in [9.17, 15) is 0 Å². The predicted octanol–water partition coefficient (Wildman–Crippen LogP) is 4.80. The molecule has 1 aliphatic rings. The Morgan fingerprint density at radius 2 is 1.95 bits per heavy atom. The number of rotatable bonds is 3. The molecule has 0 bridgehead atoms. The summed E-state index contributed by atoms with van der Waals surface area (Å²) in [6.07, 6.45) is 3.56. The molecule has 2 aromatic carbocycles. The van der Waals surface area contributed by atoms with Crippen LogP contribution in [0.1, 0.15) is 41.1 Å². The third-order valence-corrected chi connectivity index (χ3v) is 4.38. The maximum absolute atomic E-state index is 5.35. The largest absolute Gasteiger partial charge is 0.497 e. The van der Waals surface area contributed by atoms with Crippen LogP contribution in [0.25, 0.3) is 0 Å². The molecule has 0 amide bonds. The molecule has 0 aliphatic heterocycles. The summed E-state index contributed by atoms with van der Waals surface area (Å²) >= 11 is 0. The summed E-state index contributed by atoms with van der Waals surface area (Å²) in [7, 11) is 1.73. The fraction of sp³-hybridized carbons (Fsp3) is 0.368. The van der Waals surface area contributed by atoms with Gasteiger partial charge >= 0.3 is 0 Å². The maximum atomic E-state index is 5.35. The Morgan fingerprint density at radius 3 is 2.71 bits per heavy atom. The van der Waals surface area contributed by atoms with Crippen molar-refractivity contribution in [1.29, 1.82) is 0 Å². The lowest BCUT2D eigenvalue weighted by molar-refractivity contribution is 0.413. The van der Waals surface area contributed by atoms with E-state index >= 15 is 0 Å². The van der Waals surface area contributed by atoms with E-state index < -0.39 is 0 Å². The first kappa shape index (κ1) is 14.0. The van der Waals surface area contributed by atoms with Gasteiger partial charge in [0, 0.05) is 5.69 Å². The van der Waals surface area contributed by atoms with Crippen LogP contribution < -0.4 is 10.1 Å². The Morgan fingerprint density at radius 1 is 1.10 bits per heavy atom. The number of aryl methyl sites for hydroxylation is 3. The van der Waals surface area contributed by atoms with E-state index in [2.05, 4.69) is 55.6 Å². The smallest absolute Gasteiger partial charge is 0.119 e. The zero-order valence-electron chi connectivity index (χ0n) is 13.1. The minimum Gasteiger partial charge on any atom is -0.497 e. The highest BCUT2D eigenvalue weighted by Gasteiger charge is 2.20. The highest BCUT2D eigenvalue weighted by molar-refractivity contribution is 5.54. The highest BCUT2D eigenvalue weighted by atomic mass is 16.5. The standard InChI is InChI=1S/C19H23NO/c1-13-7-10-18(14(2)11-13)20-19-6-4-5-15-12-16(21-3)8-9-17(15)19/h7-12,19-20H,4-6H2,1-3H3. The van der Waals surface area contributed by atoms with Gasteiger partial charge in [0.2, 0.25) is 0 Å². The van der Waals surface area contributed by atoms with Crippen LogP contribution in [0.5, 0.6) is 5.75 Å². The second-order valence-corrected chi connectivity index (χ2v) is 5.97. The van der Waals surface area contributed by atoms with Crippen molar-refractivity contribution >= 4 is 5.69 Å². The first-order chi connectivity index (χ1) is 10.2. The second kappa shape index (κ2) is 5.80. The summed E-state index contributed by atoms with van der Waals surface area (Å²) < 4.78 is 5.35. The topological polar surface area (TPSA) is 21.3 Å². The van der Waals surface area contributed by atoms with Crippen LogP contribution in [0.4, 0.5) is 5.69 Å². The summed E-state index contributed by atoms with van der Waals surface area (Å²) in [4.78, 5) is 0. The SMILES string of the molecule is COc1ccc2c(c1)CCCC2Nc1ccc(C)cc1C. The Bertz CT molecular complexity index is 648. The van der Waals surface area contributed by atoms with Crippen molar-refractivity contribution in [1.82, 2.24) is 0 Å². The third kappa shape index (κ3) is 2.90. The number of anilines is 1. The molecule has 1 aliphatic carbocycles. The zero-order chi connectivity index (χ0) is 14.8. The van der Waals surface area contributed by atoms with Crippen molar-refractivity contribution in [3.8, 4) is 5.75 Å². The molecule has 110 valence electrons. The molecule has 1 unspecified atom stereocenters. The fourth-order valence-corrected chi connectivity index (χ4v) is 3.23. The Kier molecular flexibility index (Phi) is 3.87. The molecule has 2 heteroatoms. The van der Waals surface area contributed by atoms with Crippen molar-refractivity contribution in [2.45, 2.75) is 39.2 Å². The summed E-state index contributed by atoms with van der Waals surface area (Å²) in [5.41, 5.74) is 6.71. The molecule has 1 atom stereocenters. The number of hydrogen-bond donors (Lipinski definition) is 1. The lowest BCUT2D eigenvalue weighted by Gasteiger charge is -2.28. The normalized spacial score (nSPS) is 17.2. The van der Waals surface area contributed by atoms with Crippen molar-refractivity contribution < 1.29 is 4.74 Å². The van der Waals surface area contributed by atoms with Gasteiger partial charge in [0.25, 0.3) is 0 Å². The van der Waals surface area contributed by atoms with Crippen molar-refractivity contribution in [2.75, 3.05) is 12.4 Å². The average molecular weight is 281 g/mol. The molecule has 0 saturated heterocycles. The van der Waals surface area contributed by atoms with Gasteiger partial charge in [-0.2, -0.15) is 0 Å². The second-order valence-electron chi connectivity index (χ2n) is 5.97. The molecule has 0 aromatic heterocycles. The molecule has 21 heavy (non-hydrogen) atoms. The Labute approximate surface area is 127 Å². The summed E-state index contributed by atoms with van der Waals surface area (Å²) in [6, 6.07) is 13.5. The van der Waals surface area contributed by atoms with Crippen molar-refractivity contribution in [2.24, 2.45) is 0 Å². The van der Waals surface area contributed by atoms with Crippen LogP contribution in [0.15, 0.2) is 36.4 Å². The van der Waals surface area contributed by atoms with E-state index in [-0.39, 0.29) is 0 Å². The van der Waals surface area contributed by atoms with Gasteiger partial charge in [0.15, 0.2) is 0 Å². The van der Waals surface area contributed by atoms with Crippen LogP contribution in [0, 0.1) is 13.8 Å². The van der Waals surface area contributed by atoms with E-state index in [1.54, 1.807) is 7.11 Å². The molecular weight excluding hydrogens is 258 g/mol. The van der Waals surface area contributed by atoms with Gasteiger partial charge in [-0.25, -0.2) is 0 Å². The molecule has 2 nitrogen and oxygen atoms in total. The molecule has 3 rings (SSSR count). The van der Waals surface area contributed by atoms with E-state index in [0.29, 0.717) is 6.04 Å². The van der Waals surface area contributed by atoms with Crippen LogP contribution in [0.3, 0.4) is 0 Å². The van der Waals surface area contributed by atoms with Crippen molar-refractivity contribution in [3.63, 3.8) is 0 Å². The number of nitrogens with one attached hydrogen (secondary N) is 1. The number of benzene rings is 2. The maximum Gasteiger partial charge on any atom is 0.119 e. The molecule has 0 saturated carbocycles. The Balaban J connectivity index is 1.88. The summed E-state index contributed by atoms with van der Waals surface area (Å²) in [5.74, 6) is 0.959. The predicted molar refractivity (Wildman–Crippen MR) is 88.2 cm³/mol. The number of hydrogen-bond acceptors (Lipinski definition) is 2.